The van der Waals surface area contributed by atoms with Crippen LogP contribution in [0.4, 0.5) is 23.2 Å². The van der Waals surface area contributed by atoms with E-state index in [1.165, 1.54) is 40.7 Å². The third-order valence-corrected chi connectivity index (χ3v) is 22.7. The van der Waals surface area contributed by atoms with Gasteiger partial charge in [0.15, 0.2) is 0 Å². The Kier molecular flexibility index (Phi) is 26.4. The number of hydrogen-bond acceptors (Lipinski definition) is 18. The van der Waals surface area contributed by atoms with E-state index >= 15 is 13.6 Å². The van der Waals surface area contributed by atoms with Gasteiger partial charge in [-0.05, 0) is 119 Å². The van der Waals surface area contributed by atoms with Gasteiger partial charge in [0.2, 0.25) is 41.4 Å². The number of halogens is 4. The van der Waals surface area contributed by atoms with Crippen LogP contribution in [0, 0.1) is 0 Å². The fourth-order valence-electron chi connectivity index (χ4n) is 13.6. The highest BCUT2D eigenvalue weighted by molar-refractivity contribution is 7.60. The van der Waals surface area contributed by atoms with Gasteiger partial charge < -0.3 is 51.2 Å². The van der Waals surface area contributed by atoms with Crippen molar-refractivity contribution in [2.75, 3.05) is 77.4 Å². The van der Waals surface area contributed by atoms with Crippen molar-refractivity contribution in [3.05, 3.63) is 99.4 Å². The third kappa shape index (κ3) is 18.9. The Morgan fingerprint density at radius 3 is 2.14 bits per heavy atom. The number of ether oxygens (including phenoxy) is 2. The van der Waals surface area contributed by atoms with Crippen LogP contribution in [0.1, 0.15) is 135 Å². The van der Waals surface area contributed by atoms with Gasteiger partial charge in [-0.1, -0.05) is 49.7 Å². The van der Waals surface area contributed by atoms with E-state index in [9.17, 15) is 61.3 Å². The van der Waals surface area contributed by atoms with Crippen molar-refractivity contribution < 1.29 is 84.3 Å². The number of benzene rings is 3. The normalized spacial score (nSPS) is 20.8. The van der Waals surface area contributed by atoms with Gasteiger partial charge in [-0.25, -0.2) is 19.0 Å². The molecular weight excluding hydrogens is 1370 g/mol. The van der Waals surface area contributed by atoms with Gasteiger partial charge in [-0.3, -0.25) is 72.4 Å². The number of carbonyl (C=O) groups excluding carboxylic acids is 11. The van der Waals surface area contributed by atoms with E-state index in [0.717, 1.165) is 79.0 Å². The molecular formula is C69H90F4N13O14PS. The molecule has 9 N–H and O–H groups in total. The Hall–Kier alpha value is -8.42. The van der Waals surface area contributed by atoms with Crippen molar-refractivity contribution in [3.8, 4) is 0 Å². The van der Waals surface area contributed by atoms with E-state index in [4.69, 9.17) is 15.2 Å². The zero-order chi connectivity index (χ0) is 73.7. The second-order valence-corrected chi connectivity index (χ2v) is 29.6. The largest absolute Gasteiger partial charge is 0.465 e. The number of carbonyl (C=O) groups is 11. The Balaban J connectivity index is 0.887. The van der Waals surface area contributed by atoms with Crippen LogP contribution in [-0.2, 0) is 82.2 Å². The van der Waals surface area contributed by atoms with Gasteiger partial charge in [-0.2, -0.15) is 8.78 Å². The second-order valence-electron chi connectivity index (χ2n) is 26.3. The van der Waals surface area contributed by atoms with E-state index in [0.29, 0.717) is 31.7 Å². The number of nitrogens with zero attached hydrogens (tertiary/aromatic N) is 5. The number of piperidine rings is 1. The maximum Gasteiger partial charge on any atom is 0.349 e. The van der Waals surface area contributed by atoms with Gasteiger partial charge in [-0.15, -0.1) is 11.3 Å². The van der Waals surface area contributed by atoms with Crippen molar-refractivity contribution in [1.29, 1.82) is 0 Å². The number of esters is 2. The summed E-state index contributed by atoms with van der Waals surface area (Å²) in [4.78, 5) is 157. The number of hydrogen-bond donors (Lipinski definition) is 8. The molecule has 27 nitrogen and oxygen atoms in total. The third-order valence-electron chi connectivity index (χ3n) is 19.0. The highest BCUT2D eigenvalue weighted by atomic mass is 32.1. The summed E-state index contributed by atoms with van der Waals surface area (Å²) in [7, 11) is -5.36. The van der Waals surface area contributed by atoms with Crippen molar-refractivity contribution >= 4 is 99.7 Å². The lowest BCUT2D eigenvalue weighted by atomic mass is 10.00. The molecule has 4 saturated heterocycles. The first-order chi connectivity index (χ1) is 48.6. The molecule has 4 fully saturated rings. The summed E-state index contributed by atoms with van der Waals surface area (Å²) in [5, 5.41) is 18.4. The van der Waals surface area contributed by atoms with Gasteiger partial charge in [0.05, 0.1) is 24.6 Å². The first-order valence-corrected chi connectivity index (χ1v) is 37.2. The number of nitrogens with one attached hydrogen (secondary N) is 7. The zero-order valence-corrected chi connectivity index (χ0v) is 59.4. The molecule has 2 unspecified atom stereocenters. The molecule has 9 amide bonds. The van der Waals surface area contributed by atoms with Crippen LogP contribution in [0.5, 0.6) is 0 Å². The minimum absolute atomic E-state index is 0.00665. The number of thiophene rings is 1. The molecule has 4 aromatic rings. The van der Waals surface area contributed by atoms with E-state index < -0.39 is 140 Å². The number of aryl methyl sites for hydroxylation is 1. The number of primary amides is 1. The molecule has 0 spiro atoms. The number of alkyl halides is 4. The smallest absolute Gasteiger partial charge is 0.349 e. The average molecular weight is 1460 g/mol. The molecule has 6 heterocycles. The quantitative estimate of drug-likeness (QED) is 0.0144. The molecule has 3 aromatic carbocycles. The lowest BCUT2D eigenvalue weighted by Gasteiger charge is -2.39. The molecule has 5 aliphatic rings. The number of imide groups is 1. The Labute approximate surface area is 592 Å². The molecule has 0 bridgehead atoms. The van der Waals surface area contributed by atoms with Crippen LogP contribution in [0.2, 0.25) is 0 Å². The summed E-state index contributed by atoms with van der Waals surface area (Å²) in [5.41, 5.74) is 4.19. The summed E-state index contributed by atoms with van der Waals surface area (Å²) in [6, 6.07) is 7.27. The Bertz CT molecular complexity index is 3800. The highest BCUT2D eigenvalue weighted by Crippen LogP contribution is 2.60. The topological polar surface area (TPSA) is 350 Å². The Morgan fingerprint density at radius 2 is 1.49 bits per heavy atom. The maximum absolute atomic E-state index is 16.9. The second kappa shape index (κ2) is 34.7. The van der Waals surface area contributed by atoms with Crippen LogP contribution in [0.3, 0.4) is 0 Å². The number of rotatable bonds is 32. The average Bonchev–Trinajstić information content (AvgIpc) is 1.45. The van der Waals surface area contributed by atoms with Gasteiger partial charge in [0.1, 0.15) is 42.3 Å². The standard InChI is InChI=1S/C69H90F4N13O14PS/c1-6-9-11-42-14-16-43(17-15-42)34-51(65(94)84-32-30-82(31-33-84)29-27-75-49-13-10-12-47-48(49)37-85(64(47)93)53-22-25-59(88)79-61(53)90)77-60(89)50(20-24-58(74)87)76-62(91)54-21-19-46-26-28-83(39-57(70)71)38-52(66(95)86(46)54)78-63(92)56-36-44-35-45(18-23-55(44)102-56)69(72,73)101(98,80-40(4)67(96)99-7-2)81-41(5)68(97)100-8-3/h10,12-18,23,35-36,40-41,46,50-54,57,75H,6-9,11,19-22,24-34,37-39H2,1-5H3,(H2,74,87)(H,76,91)(H,77,89)(H,78,92)(H,79,88,90)(H2,80,81,98)/t40-,41+,46-,50+,51+,52+,53?,54+,101?/m1/s1. The van der Waals surface area contributed by atoms with E-state index in [2.05, 4.69) is 48.6 Å². The van der Waals surface area contributed by atoms with Crippen molar-refractivity contribution in [2.24, 2.45) is 5.73 Å². The van der Waals surface area contributed by atoms with Crippen molar-refractivity contribution in [2.45, 2.75) is 172 Å². The van der Waals surface area contributed by atoms with Gasteiger partial charge in [0, 0.05) is 111 Å². The molecule has 33 heteroatoms. The summed E-state index contributed by atoms with van der Waals surface area (Å²) < 4.78 is 86.8. The molecule has 9 rings (SSSR count). The number of amides is 9. The molecule has 5 aliphatic heterocycles. The summed E-state index contributed by atoms with van der Waals surface area (Å²) >= 11 is 0.826. The molecule has 0 aliphatic carbocycles. The van der Waals surface area contributed by atoms with Crippen LogP contribution in [0.25, 0.3) is 10.1 Å². The number of unbranched alkanes of at least 4 members (excludes halogenated alkanes) is 1. The highest BCUT2D eigenvalue weighted by Gasteiger charge is 2.55. The maximum atomic E-state index is 16.9. The number of nitrogens with two attached hydrogens (primary N) is 1. The van der Waals surface area contributed by atoms with Gasteiger partial charge >= 0.3 is 17.6 Å². The summed E-state index contributed by atoms with van der Waals surface area (Å²) in [5.74, 6) is -7.77. The lowest BCUT2D eigenvalue weighted by Crippen LogP contribution is -2.62. The first-order valence-electron chi connectivity index (χ1n) is 34.6. The minimum atomic E-state index is -5.36. The van der Waals surface area contributed by atoms with E-state index in [1.807, 2.05) is 30.3 Å². The monoisotopic (exact) mass is 1460 g/mol. The molecule has 554 valence electrons. The van der Waals surface area contributed by atoms with Crippen molar-refractivity contribution in [3.63, 3.8) is 0 Å². The lowest BCUT2D eigenvalue weighted by molar-refractivity contribution is -0.145. The molecule has 0 saturated carbocycles. The molecule has 1 aromatic heterocycles. The fraction of sp³-hybridized carbons (Fsp3) is 0.551. The molecule has 9 atom stereocenters. The molecule has 102 heavy (non-hydrogen) atoms. The minimum Gasteiger partial charge on any atom is -0.465 e. The SMILES string of the molecule is CCCCc1ccc(C[C@H](NC(=O)[C@H](CCC(N)=O)NC(=O)[C@@H]2CC[C@@H]3CCN(CC(F)F)C[C@H](NC(=O)c4cc5cc(C(F)(F)P(=O)(N[C@@H](C)C(=O)OCC)N[C@H](C)C(=O)OCC)ccc5s4)C(=O)N32)C(=O)N2CCN(CCNc3cccc4c3CN(C3CCC(=O)NC3=O)C4=O)CC2)cc1. The molecule has 0 radical (unpaired) electrons. The van der Waals surface area contributed by atoms with Crippen LogP contribution in [-0.4, -0.2) is 216 Å². The van der Waals surface area contributed by atoms with Crippen molar-refractivity contribution in [1.82, 2.24) is 55.9 Å². The van der Waals surface area contributed by atoms with E-state index in [-0.39, 0.29) is 118 Å². The number of piperazine rings is 1. The zero-order valence-electron chi connectivity index (χ0n) is 57.7. The van der Waals surface area contributed by atoms with Crippen LogP contribution < -0.4 is 42.5 Å². The fourth-order valence-corrected chi connectivity index (χ4v) is 16.7. The number of anilines is 1. The number of fused-ring (bicyclic) bond motifs is 3. The van der Waals surface area contributed by atoms with Crippen LogP contribution in [0.15, 0.2) is 66.7 Å². The first kappa shape index (κ1) is 77.7. The predicted octanol–water partition coefficient (Wildman–Crippen LogP) is 4.49. The summed E-state index contributed by atoms with van der Waals surface area (Å²) in [6.45, 7) is 8.61. The van der Waals surface area contributed by atoms with Crippen LogP contribution >= 0.6 is 18.8 Å². The predicted molar refractivity (Wildman–Crippen MR) is 369 cm³/mol. The van der Waals surface area contributed by atoms with E-state index in [1.54, 1.807) is 17.0 Å². The Morgan fingerprint density at radius 1 is 0.804 bits per heavy atom. The summed E-state index contributed by atoms with van der Waals surface area (Å²) in [6.07, 6.45) is 0.0140. The van der Waals surface area contributed by atoms with Gasteiger partial charge in [0.25, 0.3) is 25.7 Å².